The van der Waals surface area contributed by atoms with E-state index in [2.05, 4.69) is 67.3 Å². The van der Waals surface area contributed by atoms with E-state index in [1.165, 1.54) is 23.1 Å². The second-order valence-electron chi connectivity index (χ2n) is 8.14. The molecule has 3 aromatic carbocycles. The van der Waals surface area contributed by atoms with Gasteiger partial charge in [0, 0.05) is 13.1 Å². The van der Waals surface area contributed by atoms with Gasteiger partial charge in [-0.15, -0.1) is 0 Å². The Morgan fingerprint density at radius 3 is 2.03 bits per heavy atom. The van der Waals surface area contributed by atoms with Gasteiger partial charge in [-0.2, -0.15) is 0 Å². The predicted molar refractivity (Wildman–Crippen MR) is 128 cm³/mol. The largest absolute Gasteiger partial charge is 0.508 e. The number of rotatable bonds is 8. The molecule has 0 radical (unpaired) electrons. The van der Waals surface area contributed by atoms with Gasteiger partial charge in [0.25, 0.3) is 0 Å². The van der Waals surface area contributed by atoms with Gasteiger partial charge < -0.3 is 9.84 Å². The number of phenols is 1. The minimum Gasteiger partial charge on any atom is -0.508 e. The van der Waals surface area contributed by atoms with Crippen LogP contribution in [0.15, 0.2) is 78.9 Å². The Balaban J connectivity index is 1.64. The molecule has 0 aliphatic carbocycles. The number of ether oxygens (including phenoxy) is 1. The van der Waals surface area contributed by atoms with Crippen molar-refractivity contribution in [1.29, 1.82) is 0 Å². The fourth-order valence-electron chi connectivity index (χ4n) is 4.30. The van der Waals surface area contributed by atoms with Crippen molar-refractivity contribution < 1.29 is 9.84 Å². The summed E-state index contributed by atoms with van der Waals surface area (Å²) >= 11 is 0. The lowest BCUT2D eigenvalue weighted by Crippen LogP contribution is -2.53. The van der Waals surface area contributed by atoms with Crippen LogP contribution in [-0.2, 0) is 0 Å². The van der Waals surface area contributed by atoms with Crippen LogP contribution in [0.25, 0.3) is 11.1 Å². The lowest BCUT2D eigenvalue weighted by atomic mass is 9.88. The maximum atomic E-state index is 9.79. The first-order chi connectivity index (χ1) is 15.2. The SMILES string of the molecule is CCCN1CC(Oc2ccc(/C(=C(/CC)c3ccccc3)c3ccc(O)cc3)cc2)C1. The molecule has 0 atom stereocenters. The molecule has 0 bridgehead atoms. The predicted octanol–water partition coefficient (Wildman–Crippen LogP) is 6.23. The molecule has 3 nitrogen and oxygen atoms in total. The molecule has 0 amide bonds. The van der Waals surface area contributed by atoms with Crippen molar-refractivity contribution in [2.75, 3.05) is 19.6 Å². The summed E-state index contributed by atoms with van der Waals surface area (Å²) in [4.78, 5) is 2.43. The summed E-state index contributed by atoms with van der Waals surface area (Å²) in [6, 6.07) is 26.5. The molecule has 0 spiro atoms. The highest BCUT2D eigenvalue weighted by atomic mass is 16.5. The molecule has 31 heavy (non-hydrogen) atoms. The molecule has 1 heterocycles. The van der Waals surface area contributed by atoms with E-state index in [1.807, 2.05) is 18.2 Å². The van der Waals surface area contributed by atoms with Gasteiger partial charge in [0.1, 0.15) is 17.6 Å². The number of hydrogen-bond donors (Lipinski definition) is 1. The summed E-state index contributed by atoms with van der Waals surface area (Å²) in [5, 5.41) is 9.79. The Bertz CT molecular complexity index is 1000. The zero-order valence-corrected chi connectivity index (χ0v) is 18.4. The summed E-state index contributed by atoms with van der Waals surface area (Å²) in [6.07, 6.45) is 2.39. The van der Waals surface area contributed by atoms with Crippen LogP contribution in [-0.4, -0.2) is 35.7 Å². The molecule has 1 aliphatic rings. The summed E-state index contributed by atoms with van der Waals surface area (Å²) in [5.74, 6) is 1.20. The van der Waals surface area contributed by atoms with Crippen molar-refractivity contribution in [3.63, 3.8) is 0 Å². The first kappa shape index (κ1) is 21.2. The van der Waals surface area contributed by atoms with E-state index in [-0.39, 0.29) is 5.75 Å². The molecular weight excluding hydrogens is 382 g/mol. The molecule has 1 fully saturated rings. The lowest BCUT2D eigenvalue weighted by molar-refractivity contribution is 0.0202. The number of hydrogen-bond acceptors (Lipinski definition) is 3. The molecular formula is C28H31NO2. The third-order valence-corrected chi connectivity index (χ3v) is 5.84. The van der Waals surface area contributed by atoms with Crippen LogP contribution >= 0.6 is 0 Å². The van der Waals surface area contributed by atoms with Crippen molar-refractivity contribution >= 4 is 11.1 Å². The summed E-state index contributed by atoms with van der Waals surface area (Å²) < 4.78 is 6.16. The third-order valence-electron chi connectivity index (χ3n) is 5.84. The molecule has 0 unspecified atom stereocenters. The molecule has 4 rings (SSSR count). The van der Waals surface area contributed by atoms with Gasteiger partial charge in [-0.3, -0.25) is 4.90 Å². The summed E-state index contributed by atoms with van der Waals surface area (Å²) in [7, 11) is 0. The molecule has 0 aromatic heterocycles. The fraction of sp³-hybridized carbons (Fsp3) is 0.286. The van der Waals surface area contributed by atoms with Gasteiger partial charge in [0.05, 0.1) is 0 Å². The quantitative estimate of drug-likeness (QED) is 0.444. The van der Waals surface area contributed by atoms with Gasteiger partial charge in [0.15, 0.2) is 0 Å². The Morgan fingerprint density at radius 1 is 0.839 bits per heavy atom. The number of phenolic OH excluding ortho intramolecular Hbond substituents is 1. The highest BCUT2D eigenvalue weighted by Gasteiger charge is 2.27. The molecule has 3 heteroatoms. The minimum atomic E-state index is 0.280. The first-order valence-corrected chi connectivity index (χ1v) is 11.2. The molecule has 1 aliphatic heterocycles. The van der Waals surface area contributed by atoms with E-state index in [0.717, 1.165) is 42.9 Å². The molecule has 3 aromatic rings. The Labute approximate surface area is 185 Å². The summed E-state index contributed by atoms with van der Waals surface area (Å²) in [6.45, 7) is 7.59. The molecule has 1 N–H and O–H groups in total. The summed E-state index contributed by atoms with van der Waals surface area (Å²) in [5.41, 5.74) is 5.95. The van der Waals surface area contributed by atoms with Crippen LogP contribution in [0.2, 0.25) is 0 Å². The first-order valence-electron chi connectivity index (χ1n) is 11.2. The van der Waals surface area contributed by atoms with Crippen molar-refractivity contribution in [3.05, 3.63) is 95.6 Å². The topological polar surface area (TPSA) is 32.7 Å². The van der Waals surface area contributed by atoms with Gasteiger partial charge in [-0.1, -0.05) is 68.4 Å². The maximum Gasteiger partial charge on any atom is 0.124 e. The number of allylic oxidation sites excluding steroid dienone is 1. The third kappa shape index (κ3) is 5.00. The highest BCUT2D eigenvalue weighted by molar-refractivity contribution is 5.98. The number of likely N-dealkylation sites (tertiary alicyclic amines) is 1. The molecule has 0 saturated carbocycles. The zero-order chi connectivity index (χ0) is 21.6. The molecule has 160 valence electrons. The molecule has 1 saturated heterocycles. The fourth-order valence-corrected chi connectivity index (χ4v) is 4.30. The van der Waals surface area contributed by atoms with Crippen LogP contribution in [0.5, 0.6) is 11.5 Å². The monoisotopic (exact) mass is 413 g/mol. The Morgan fingerprint density at radius 2 is 1.45 bits per heavy atom. The smallest absolute Gasteiger partial charge is 0.124 e. The van der Waals surface area contributed by atoms with E-state index in [0.29, 0.717) is 6.10 Å². The average Bonchev–Trinajstić information content (AvgIpc) is 2.78. The minimum absolute atomic E-state index is 0.280. The van der Waals surface area contributed by atoms with Gasteiger partial charge in [-0.25, -0.2) is 0 Å². The van der Waals surface area contributed by atoms with Crippen molar-refractivity contribution in [1.82, 2.24) is 4.90 Å². The highest BCUT2D eigenvalue weighted by Crippen LogP contribution is 2.35. The van der Waals surface area contributed by atoms with E-state index < -0.39 is 0 Å². The van der Waals surface area contributed by atoms with Crippen LogP contribution < -0.4 is 4.74 Å². The average molecular weight is 414 g/mol. The van der Waals surface area contributed by atoms with Gasteiger partial charge in [0.2, 0.25) is 0 Å². The van der Waals surface area contributed by atoms with Crippen LogP contribution in [0, 0.1) is 0 Å². The second-order valence-corrected chi connectivity index (χ2v) is 8.14. The van der Waals surface area contributed by atoms with Crippen molar-refractivity contribution in [3.8, 4) is 11.5 Å². The van der Waals surface area contributed by atoms with E-state index in [9.17, 15) is 5.11 Å². The standard InChI is InChI=1S/C28H31NO2/c1-3-18-29-19-26(20-29)31-25-16-12-23(13-17-25)28(22-10-14-24(30)15-11-22)27(4-2)21-8-6-5-7-9-21/h5-17,26,30H,3-4,18-20H2,1-2H3/b28-27-. The van der Waals surface area contributed by atoms with E-state index in [1.54, 1.807) is 12.1 Å². The number of aromatic hydroxyl groups is 1. The number of benzene rings is 3. The normalized spacial score (nSPS) is 15.3. The van der Waals surface area contributed by atoms with Crippen LogP contribution in [0.1, 0.15) is 43.4 Å². The zero-order valence-electron chi connectivity index (χ0n) is 18.4. The lowest BCUT2D eigenvalue weighted by Gasteiger charge is -2.38. The van der Waals surface area contributed by atoms with Crippen molar-refractivity contribution in [2.45, 2.75) is 32.8 Å². The van der Waals surface area contributed by atoms with E-state index in [4.69, 9.17) is 4.74 Å². The Kier molecular flexibility index (Phi) is 6.73. The van der Waals surface area contributed by atoms with Gasteiger partial charge in [-0.05, 0) is 71.5 Å². The maximum absolute atomic E-state index is 9.79. The second kappa shape index (κ2) is 9.84. The van der Waals surface area contributed by atoms with Crippen molar-refractivity contribution in [2.24, 2.45) is 0 Å². The van der Waals surface area contributed by atoms with Gasteiger partial charge >= 0.3 is 0 Å². The Hall–Kier alpha value is -3.04. The van der Waals surface area contributed by atoms with E-state index >= 15 is 0 Å². The van der Waals surface area contributed by atoms with Crippen LogP contribution in [0.4, 0.5) is 0 Å². The van der Waals surface area contributed by atoms with Crippen LogP contribution in [0.3, 0.4) is 0 Å². The number of nitrogens with zero attached hydrogens (tertiary/aromatic N) is 1.